The number of nitrogens with zero attached hydrogens (tertiary/aromatic N) is 1. The minimum Gasteiger partial charge on any atom is -0.497 e. The van der Waals surface area contributed by atoms with Gasteiger partial charge in [-0.25, -0.2) is 0 Å². The second-order valence-corrected chi connectivity index (χ2v) is 9.14. The molecule has 4 nitrogen and oxygen atoms in total. The third kappa shape index (κ3) is 4.30. The van der Waals surface area contributed by atoms with Crippen LogP contribution in [0.3, 0.4) is 0 Å². The van der Waals surface area contributed by atoms with Gasteiger partial charge in [0.05, 0.1) is 12.5 Å². The Morgan fingerprint density at radius 3 is 2.24 bits per heavy atom. The van der Waals surface area contributed by atoms with E-state index in [1.54, 1.807) is 7.11 Å². The van der Waals surface area contributed by atoms with E-state index in [-0.39, 0.29) is 17.4 Å². The molecule has 1 aliphatic carbocycles. The van der Waals surface area contributed by atoms with E-state index in [1.807, 2.05) is 12.1 Å². The molecule has 2 fully saturated rings. The van der Waals surface area contributed by atoms with Crippen molar-refractivity contribution in [3.8, 4) is 5.75 Å². The molecule has 0 spiro atoms. The highest BCUT2D eigenvalue weighted by atomic mass is 79.9. The second kappa shape index (κ2) is 8.78. The first-order valence-electron chi connectivity index (χ1n) is 10.6. The minimum absolute atomic E-state index is 0.222. The summed E-state index contributed by atoms with van der Waals surface area (Å²) in [5, 5.41) is 3.41. The fraction of sp³-hybridized carbons (Fsp3) is 0.458. The standard InChI is InChI=1S/C24H29BrN2O2/c1-29-22-10-8-21(9-11-22)27-16-12-20(13-17-27)26-23(28)24(14-2-3-15-24)18-4-6-19(25)7-5-18/h4-11,20H,2-3,12-17H2,1H3,(H,26,28). The van der Waals surface area contributed by atoms with Crippen molar-refractivity contribution in [1.29, 1.82) is 0 Å². The lowest BCUT2D eigenvalue weighted by Crippen LogP contribution is -2.50. The molecule has 1 heterocycles. The molecule has 1 saturated carbocycles. The quantitative estimate of drug-likeness (QED) is 0.683. The summed E-state index contributed by atoms with van der Waals surface area (Å²) in [6, 6.07) is 16.8. The number of benzene rings is 2. The van der Waals surface area contributed by atoms with Crippen molar-refractivity contribution in [1.82, 2.24) is 5.32 Å². The Bertz CT molecular complexity index is 821. The molecule has 0 aromatic heterocycles. The molecule has 0 bridgehead atoms. The maximum atomic E-state index is 13.4. The maximum absolute atomic E-state index is 13.4. The molecular weight excluding hydrogens is 428 g/mol. The van der Waals surface area contributed by atoms with E-state index >= 15 is 0 Å². The molecule has 1 amide bonds. The number of amides is 1. The van der Waals surface area contributed by atoms with Crippen molar-refractivity contribution >= 4 is 27.5 Å². The van der Waals surface area contributed by atoms with Crippen LogP contribution in [0.25, 0.3) is 0 Å². The molecule has 0 atom stereocenters. The van der Waals surface area contributed by atoms with Gasteiger partial charge in [-0.15, -0.1) is 0 Å². The molecule has 0 unspecified atom stereocenters. The molecule has 1 N–H and O–H groups in total. The van der Waals surface area contributed by atoms with Crippen LogP contribution in [0.1, 0.15) is 44.1 Å². The van der Waals surface area contributed by atoms with Crippen LogP contribution in [0, 0.1) is 0 Å². The van der Waals surface area contributed by atoms with Crippen LogP contribution in [-0.4, -0.2) is 32.1 Å². The van der Waals surface area contributed by atoms with Crippen molar-refractivity contribution < 1.29 is 9.53 Å². The third-order valence-electron chi connectivity index (χ3n) is 6.56. The summed E-state index contributed by atoms with van der Waals surface area (Å²) in [6.07, 6.45) is 6.11. The third-order valence-corrected chi connectivity index (χ3v) is 7.08. The van der Waals surface area contributed by atoms with Crippen molar-refractivity contribution in [2.45, 2.75) is 50.0 Å². The zero-order valence-corrected chi connectivity index (χ0v) is 18.6. The highest BCUT2D eigenvalue weighted by Gasteiger charge is 2.43. The van der Waals surface area contributed by atoms with E-state index in [2.05, 4.69) is 62.5 Å². The summed E-state index contributed by atoms with van der Waals surface area (Å²) in [6.45, 7) is 1.92. The van der Waals surface area contributed by atoms with Gasteiger partial charge < -0.3 is 15.0 Å². The van der Waals surface area contributed by atoms with Crippen LogP contribution in [0.15, 0.2) is 53.0 Å². The zero-order chi connectivity index (χ0) is 20.3. The Kier molecular flexibility index (Phi) is 6.14. The smallest absolute Gasteiger partial charge is 0.230 e. The average Bonchev–Trinajstić information content (AvgIpc) is 3.26. The fourth-order valence-corrected chi connectivity index (χ4v) is 5.06. The topological polar surface area (TPSA) is 41.6 Å². The number of halogens is 1. The predicted molar refractivity (Wildman–Crippen MR) is 121 cm³/mol. The molecular formula is C24H29BrN2O2. The molecule has 1 aliphatic heterocycles. The number of hydrogen-bond donors (Lipinski definition) is 1. The SMILES string of the molecule is COc1ccc(N2CCC(NC(=O)C3(c4ccc(Br)cc4)CCCC3)CC2)cc1. The molecule has 2 aromatic rings. The number of anilines is 1. The Labute approximate surface area is 181 Å². The van der Waals surface area contributed by atoms with Gasteiger partial charge in [-0.05, 0) is 67.6 Å². The van der Waals surface area contributed by atoms with E-state index in [0.717, 1.165) is 67.4 Å². The molecule has 5 heteroatoms. The maximum Gasteiger partial charge on any atom is 0.230 e. The van der Waals surface area contributed by atoms with E-state index in [9.17, 15) is 4.79 Å². The number of piperidine rings is 1. The Balaban J connectivity index is 1.39. The van der Waals surface area contributed by atoms with Crippen LogP contribution in [-0.2, 0) is 10.2 Å². The molecule has 4 rings (SSSR count). The number of methoxy groups -OCH3 is 1. The van der Waals surface area contributed by atoms with Gasteiger partial charge in [-0.2, -0.15) is 0 Å². The van der Waals surface area contributed by atoms with Crippen molar-refractivity contribution in [3.05, 3.63) is 58.6 Å². The van der Waals surface area contributed by atoms with Gasteiger partial charge >= 0.3 is 0 Å². The van der Waals surface area contributed by atoms with E-state index in [0.29, 0.717) is 0 Å². The normalized spacial score (nSPS) is 19.2. The molecule has 0 radical (unpaired) electrons. The van der Waals surface area contributed by atoms with Crippen molar-refractivity contribution in [3.63, 3.8) is 0 Å². The van der Waals surface area contributed by atoms with Crippen molar-refractivity contribution in [2.24, 2.45) is 0 Å². The van der Waals surface area contributed by atoms with Crippen LogP contribution >= 0.6 is 15.9 Å². The van der Waals surface area contributed by atoms with Crippen LogP contribution < -0.4 is 15.0 Å². The molecule has 154 valence electrons. The highest BCUT2D eigenvalue weighted by Crippen LogP contribution is 2.42. The lowest BCUT2D eigenvalue weighted by Gasteiger charge is -2.36. The fourth-order valence-electron chi connectivity index (χ4n) is 4.79. The summed E-state index contributed by atoms with van der Waals surface area (Å²) < 4.78 is 6.31. The minimum atomic E-state index is -0.353. The number of nitrogens with one attached hydrogen (secondary N) is 1. The number of hydrogen-bond acceptors (Lipinski definition) is 3. The van der Waals surface area contributed by atoms with Crippen molar-refractivity contribution in [2.75, 3.05) is 25.1 Å². The van der Waals surface area contributed by atoms with Gasteiger partial charge in [-0.1, -0.05) is 40.9 Å². The molecule has 1 saturated heterocycles. The monoisotopic (exact) mass is 456 g/mol. The number of carbonyl (C=O) groups excluding carboxylic acids is 1. The Hall–Kier alpha value is -2.01. The summed E-state index contributed by atoms with van der Waals surface area (Å²) in [7, 11) is 1.69. The van der Waals surface area contributed by atoms with Gasteiger partial charge in [-0.3, -0.25) is 4.79 Å². The zero-order valence-electron chi connectivity index (χ0n) is 17.0. The molecule has 29 heavy (non-hydrogen) atoms. The molecule has 2 aliphatic rings. The Morgan fingerprint density at radius 1 is 1.03 bits per heavy atom. The van der Waals surface area contributed by atoms with Gasteiger partial charge in [0.25, 0.3) is 0 Å². The first-order valence-corrected chi connectivity index (χ1v) is 11.4. The highest BCUT2D eigenvalue weighted by molar-refractivity contribution is 9.10. The average molecular weight is 457 g/mol. The summed E-state index contributed by atoms with van der Waals surface area (Å²) in [5.74, 6) is 1.10. The van der Waals surface area contributed by atoms with E-state index in [4.69, 9.17) is 4.74 Å². The van der Waals surface area contributed by atoms with Crippen LogP contribution in [0.5, 0.6) is 5.75 Å². The summed E-state index contributed by atoms with van der Waals surface area (Å²) in [5.41, 5.74) is 2.03. The van der Waals surface area contributed by atoms with Gasteiger partial charge in [0.1, 0.15) is 5.75 Å². The number of ether oxygens (including phenoxy) is 1. The summed E-state index contributed by atoms with van der Waals surface area (Å²) in [4.78, 5) is 15.8. The van der Waals surface area contributed by atoms with E-state index in [1.165, 1.54) is 5.69 Å². The largest absolute Gasteiger partial charge is 0.497 e. The number of rotatable bonds is 5. The van der Waals surface area contributed by atoms with Crippen LogP contribution in [0.2, 0.25) is 0 Å². The first-order chi connectivity index (χ1) is 14.1. The summed E-state index contributed by atoms with van der Waals surface area (Å²) >= 11 is 3.51. The lowest BCUT2D eigenvalue weighted by atomic mass is 9.77. The van der Waals surface area contributed by atoms with Gasteiger partial charge in [0, 0.05) is 29.3 Å². The first kappa shape index (κ1) is 20.3. The molecule has 2 aromatic carbocycles. The van der Waals surface area contributed by atoms with Crippen LogP contribution in [0.4, 0.5) is 5.69 Å². The van der Waals surface area contributed by atoms with Gasteiger partial charge in [0.2, 0.25) is 5.91 Å². The van der Waals surface area contributed by atoms with Gasteiger partial charge in [0.15, 0.2) is 0 Å². The second-order valence-electron chi connectivity index (χ2n) is 8.23. The Morgan fingerprint density at radius 2 is 1.66 bits per heavy atom. The lowest BCUT2D eigenvalue weighted by molar-refractivity contribution is -0.127. The number of carbonyl (C=O) groups is 1. The van der Waals surface area contributed by atoms with E-state index < -0.39 is 0 Å². The predicted octanol–water partition coefficient (Wildman–Crippen LogP) is 5.05.